The van der Waals surface area contributed by atoms with Gasteiger partial charge in [0.1, 0.15) is 17.8 Å². The lowest BCUT2D eigenvalue weighted by Crippen LogP contribution is -2.39. The zero-order chi connectivity index (χ0) is 22.4. The van der Waals surface area contributed by atoms with Gasteiger partial charge in [-0.25, -0.2) is 9.29 Å². The number of benzene rings is 3. The number of halogens is 1. The molecule has 158 valence electrons. The van der Waals surface area contributed by atoms with E-state index < -0.39 is 34.5 Å². The number of nitro groups is 1. The van der Waals surface area contributed by atoms with Gasteiger partial charge in [-0.3, -0.25) is 24.7 Å². The predicted octanol–water partition coefficient (Wildman–Crippen LogP) is 3.52. The first-order valence-corrected chi connectivity index (χ1v) is 9.76. The minimum Gasteiger partial charge on any atom is -0.273 e. The average Bonchev–Trinajstić information content (AvgIpc) is 3.31. The van der Waals surface area contributed by atoms with E-state index in [4.69, 9.17) is 0 Å². The van der Waals surface area contributed by atoms with Crippen LogP contribution in [0.4, 0.5) is 21.5 Å². The van der Waals surface area contributed by atoms with E-state index in [1.807, 2.05) is 6.07 Å². The molecule has 0 spiro atoms. The van der Waals surface area contributed by atoms with Crippen molar-refractivity contribution in [2.24, 2.45) is 11.0 Å². The quantitative estimate of drug-likeness (QED) is 0.359. The minimum atomic E-state index is -0.946. The van der Waals surface area contributed by atoms with Crippen molar-refractivity contribution in [3.8, 4) is 0 Å². The van der Waals surface area contributed by atoms with Crippen molar-refractivity contribution in [3.05, 3.63) is 100 Å². The Morgan fingerprint density at radius 2 is 1.56 bits per heavy atom. The molecule has 0 saturated carbocycles. The molecule has 0 aliphatic carbocycles. The zero-order valence-corrected chi connectivity index (χ0v) is 16.5. The number of carbonyl (C=O) groups is 2. The van der Waals surface area contributed by atoms with E-state index in [0.717, 1.165) is 11.0 Å². The summed E-state index contributed by atoms with van der Waals surface area (Å²) >= 11 is 0. The van der Waals surface area contributed by atoms with Gasteiger partial charge in [-0.05, 0) is 48.0 Å². The van der Waals surface area contributed by atoms with Gasteiger partial charge in [-0.1, -0.05) is 24.3 Å². The highest BCUT2D eigenvalue weighted by atomic mass is 19.1. The molecule has 32 heavy (non-hydrogen) atoms. The fraction of sp³-hybridized carbons (Fsp3) is 0.0870. The molecule has 2 atom stereocenters. The SMILES string of the molecule is O=C1[C@H]2C(c3ccc([N+](=O)[O-])cc3)=NN(c3ccccc3)[C@H]2C(=O)N1c1cccc(F)c1. The van der Waals surface area contributed by atoms with Crippen molar-refractivity contribution in [1.82, 2.24) is 0 Å². The van der Waals surface area contributed by atoms with Crippen LogP contribution in [0.15, 0.2) is 84.0 Å². The molecule has 9 heteroatoms. The van der Waals surface area contributed by atoms with Crippen molar-refractivity contribution in [2.45, 2.75) is 6.04 Å². The Morgan fingerprint density at radius 3 is 2.22 bits per heavy atom. The van der Waals surface area contributed by atoms with Gasteiger partial charge in [0.15, 0.2) is 0 Å². The number of carbonyl (C=O) groups excluding carboxylic acids is 2. The molecule has 1 fully saturated rings. The van der Waals surface area contributed by atoms with E-state index in [1.54, 1.807) is 24.3 Å². The molecular weight excluding hydrogens is 415 g/mol. The molecule has 0 aromatic heterocycles. The van der Waals surface area contributed by atoms with Crippen LogP contribution in [0.1, 0.15) is 5.56 Å². The standard InChI is InChI=1S/C23H15FN4O4/c24-15-5-4-8-18(13-15)26-22(29)19-20(14-9-11-17(12-10-14)28(31)32)25-27(21(19)23(26)30)16-6-2-1-3-7-16/h1-13,19,21H/t19-,21+/m0/s1. The molecule has 0 unspecified atom stereocenters. The number of imide groups is 1. The normalized spacial score (nSPS) is 19.8. The number of fused-ring (bicyclic) bond motifs is 1. The van der Waals surface area contributed by atoms with Crippen molar-refractivity contribution >= 4 is 34.6 Å². The smallest absolute Gasteiger partial charge is 0.269 e. The molecule has 2 aliphatic rings. The number of anilines is 2. The number of nitro benzene ring substituents is 1. The van der Waals surface area contributed by atoms with Gasteiger partial charge in [0, 0.05) is 12.1 Å². The summed E-state index contributed by atoms with van der Waals surface area (Å²) < 4.78 is 13.8. The fourth-order valence-electron chi connectivity index (χ4n) is 4.07. The van der Waals surface area contributed by atoms with Crippen molar-refractivity contribution in [2.75, 3.05) is 9.91 Å². The Hall–Kier alpha value is -4.40. The van der Waals surface area contributed by atoms with Crippen LogP contribution in [-0.4, -0.2) is 28.5 Å². The molecule has 2 heterocycles. The maximum Gasteiger partial charge on any atom is 0.269 e. The lowest BCUT2D eigenvalue weighted by atomic mass is 9.92. The monoisotopic (exact) mass is 430 g/mol. The molecule has 3 aromatic rings. The predicted molar refractivity (Wildman–Crippen MR) is 115 cm³/mol. The summed E-state index contributed by atoms with van der Waals surface area (Å²) in [4.78, 5) is 38.3. The van der Waals surface area contributed by atoms with Crippen LogP contribution in [0.3, 0.4) is 0 Å². The van der Waals surface area contributed by atoms with Crippen molar-refractivity contribution in [3.63, 3.8) is 0 Å². The van der Waals surface area contributed by atoms with Crippen LogP contribution >= 0.6 is 0 Å². The molecule has 0 bridgehead atoms. The van der Waals surface area contributed by atoms with Crippen molar-refractivity contribution < 1.29 is 18.9 Å². The number of nitrogens with zero attached hydrogens (tertiary/aromatic N) is 4. The van der Waals surface area contributed by atoms with Crippen LogP contribution < -0.4 is 9.91 Å². The minimum absolute atomic E-state index is 0.0981. The van der Waals surface area contributed by atoms with E-state index in [0.29, 0.717) is 17.0 Å². The van der Waals surface area contributed by atoms with Crippen LogP contribution in [0.5, 0.6) is 0 Å². The summed E-state index contributed by atoms with van der Waals surface area (Å²) in [6.07, 6.45) is 0. The molecule has 0 radical (unpaired) electrons. The van der Waals surface area contributed by atoms with Gasteiger partial charge in [0.05, 0.1) is 22.0 Å². The number of rotatable bonds is 4. The van der Waals surface area contributed by atoms with E-state index in [1.165, 1.54) is 47.5 Å². The Morgan fingerprint density at radius 1 is 0.875 bits per heavy atom. The van der Waals surface area contributed by atoms with Crippen LogP contribution in [-0.2, 0) is 9.59 Å². The maximum atomic E-state index is 13.8. The van der Waals surface area contributed by atoms with E-state index in [2.05, 4.69) is 5.10 Å². The summed E-state index contributed by atoms with van der Waals surface area (Å²) in [6, 6.07) is 18.9. The van der Waals surface area contributed by atoms with Gasteiger partial charge in [0.25, 0.3) is 11.6 Å². The molecule has 1 saturated heterocycles. The Bertz CT molecular complexity index is 1280. The number of amides is 2. The first-order chi connectivity index (χ1) is 15.5. The van der Waals surface area contributed by atoms with E-state index >= 15 is 0 Å². The molecular formula is C23H15FN4O4. The number of non-ortho nitro benzene ring substituents is 1. The van der Waals surface area contributed by atoms with Gasteiger partial charge in [0.2, 0.25) is 5.91 Å². The maximum absolute atomic E-state index is 13.8. The first-order valence-electron chi connectivity index (χ1n) is 9.76. The molecule has 2 aliphatic heterocycles. The third-order valence-electron chi connectivity index (χ3n) is 5.51. The van der Waals surface area contributed by atoms with E-state index in [9.17, 15) is 24.1 Å². The highest BCUT2D eigenvalue weighted by Crippen LogP contribution is 2.39. The summed E-state index contributed by atoms with van der Waals surface area (Å²) in [7, 11) is 0. The summed E-state index contributed by atoms with van der Waals surface area (Å²) in [6.45, 7) is 0. The third kappa shape index (κ3) is 3.02. The summed E-state index contributed by atoms with van der Waals surface area (Å²) in [5, 5.41) is 17.1. The summed E-state index contributed by atoms with van der Waals surface area (Å²) in [5.74, 6) is -2.55. The van der Waals surface area contributed by atoms with Crippen molar-refractivity contribution in [1.29, 1.82) is 0 Å². The fourth-order valence-corrected chi connectivity index (χ4v) is 4.07. The van der Waals surface area contributed by atoms with Gasteiger partial charge < -0.3 is 0 Å². The first kappa shape index (κ1) is 19.6. The number of para-hydroxylation sites is 1. The average molecular weight is 430 g/mol. The molecule has 2 amide bonds. The Kier molecular flexibility index (Phi) is 4.51. The second kappa shape index (κ2) is 7.38. The molecule has 5 rings (SSSR count). The Balaban J connectivity index is 1.62. The highest BCUT2D eigenvalue weighted by molar-refractivity contribution is 6.34. The Labute approximate surface area is 181 Å². The molecule has 3 aromatic carbocycles. The molecule has 0 N–H and O–H groups in total. The highest BCUT2D eigenvalue weighted by Gasteiger charge is 2.57. The van der Waals surface area contributed by atoms with Gasteiger partial charge >= 0.3 is 0 Å². The van der Waals surface area contributed by atoms with Crippen LogP contribution in [0.2, 0.25) is 0 Å². The topological polar surface area (TPSA) is 96.1 Å². The van der Waals surface area contributed by atoms with Crippen LogP contribution in [0, 0.1) is 21.8 Å². The van der Waals surface area contributed by atoms with Gasteiger partial charge in [-0.15, -0.1) is 0 Å². The largest absolute Gasteiger partial charge is 0.273 e. The lowest BCUT2D eigenvalue weighted by molar-refractivity contribution is -0.384. The number of hydrogen-bond donors (Lipinski definition) is 0. The van der Waals surface area contributed by atoms with E-state index in [-0.39, 0.29) is 11.4 Å². The van der Waals surface area contributed by atoms with Gasteiger partial charge in [-0.2, -0.15) is 5.10 Å². The second-order valence-corrected chi connectivity index (χ2v) is 7.38. The molecule has 8 nitrogen and oxygen atoms in total. The van der Waals surface area contributed by atoms with Crippen LogP contribution in [0.25, 0.3) is 0 Å². The zero-order valence-electron chi connectivity index (χ0n) is 16.5. The lowest BCUT2D eigenvalue weighted by Gasteiger charge is -2.22. The third-order valence-corrected chi connectivity index (χ3v) is 5.51. The number of hydrazone groups is 1. The second-order valence-electron chi connectivity index (χ2n) is 7.38. The number of hydrogen-bond acceptors (Lipinski definition) is 6. The summed E-state index contributed by atoms with van der Waals surface area (Å²) in [5.41, 5.74) is 1.48.